The summed E-state index contributed by atoms with van der Waals surface area (Å²) in [5.74, 6) is 0.826. The van der Waals surface area contributed by atoms with Crippen LogP contribution in [0.25, 0.3) is 0 Å². The Bertz CT molecular complexity index is 1330. The molecule has 7 heteroatoms. The molecule has 6 nitrogen and oxygen atoms in total. The van der Waals surface area contributed by atoms with Crippen LogP contribution in [-0.2, 0) is 10.0 Å². The van der Waals surface area contributed by atoms with Crippen LogP contribution in [0.4, 0.5) is 5.69 Å². The molecule has 0 aliphatic rings. The van der Waals surface area contributed by atoms with Crippen molar-refractivity contribution in [3.05, 3.63) is 88.0 Å². The average molecular weight is 495 g/mol. The molecule has 0 fully saturated rings. The first kappa shape index (κ1) is 26.3. The quantitative estimate of drug-likeness (QED) is 0.400. The molecule has 0 heterocycles. The number of aryl methyl sites for hydroxylation is 3. The number of hydrogen-bond donors (Lipinski definition) is 2. The van der Waals surface area contributed by atoms with Crippen LogP contribution in [0.15, 0.2) is 59.5 Å². The minimum Gasteiger partial charge on any atom is -0.496 e. The fraction of sp³-hybridized carbons (Fsp3) is 0.321. The molecule has 0 saturated heterocycles. The summed E-state index contributed by atoms with van der Waals surface area (Å²) in [6, 6.07) is 15.5. The van der Waals surface area contributed by atoms with E-state index in [4.69, 9.17) is 4.74 Å². The smallest absolute Gasteiger partial charge is 0.261 e. The molecule has 1 atom stereocenters. The van der Waals surface area contributed by atoms with E-state index >= 15 is 0 Å². The highest BCUT2D eigenvalue weighted by Gasteiger charge is 2.20. The van der Waals surface area contributed by atoms with Crippen LogP contribution >= 0.6 is 0 Å². The largest absolute Gasteiger partial charge is 0.496 e. The first-order valence-corrected chi connectivity index (χ1v) is 13.1. The molecular weight excluding hydrogens is 460 g/mol. The first-order valence-electron chi connectivity index (χ1n) is 11.6. The maximum Gasteiger partial charge on any atom is 0.261 e. The lowest BCUT2D eigenvalue weighted by Crippen LogP contribution is -2.27. The molecule has 1 amide bonds. The minimum atomic E-state index is -3.78. The molecule has 0 aromatic heterocycles. The van der Waals surface area contributed by atoms with Crippen molar-refractivity contribution in [2.75, 3.05) is 11.8 Å². The van der Waals surface area contributed by atoms with Gasteiger partial charge in [-0.25, -0.2) is 8.42 Å². The summed E-state index contributed by atoms with van der Waals surface area (Å²) in [5.41, 5.74) is 5.55. The van der Waals surface area contributed by atoms with E-state index in [0.29, 0.717) is 11.3 Å². The van der Waals surface area contributed by atoms with Crippen molar-refractivity contribution in [2.24, 2.45) is 0 Å². The van der Waals surface area contributed by atoms with Crippen molar-refractivity contribution < 1.29 is 17.9 Å². The van der Waals surface area contributed by atoms with E-state index in [0.717, 1.165) is 33.6 Å². The topological polar surface area (TPSA) is 84.5 Å². The zero-order chi connectivity index (χ0) is 25.9. The fourth-order valence-corrected chi connectivity index (χ4v) is 5.08. The van der Waals surface area contributed by atoms with Gasteiger partial charge in [-0.3, -0.25) is 9.52 Å². The summed E-state index contributed by atoms with van der Waals surface area (Å²) in [4.78, 5) is 13.3. The average Bonchev–Trinajstić information content (AvgIpc) is 2.80. The van der Waals surface area contributed by atoms with Crippen molar-refractivity contribution in [1.82, 2.24) is 5.32 Å². The summed E-state index contributed by atoms with van der Waals surface area (Å²) in [7, 11) is -2.12. The van der Waals surface area contributed by atoms with Gasteiger partial charge in [0, 0.05) is 5.56 Å². The number of benzene rings is 3. The van der Waals surface area contributed by atoms with Crippen LogP contribution in [0.3, 0.4) is 0 Å². The van der Waals surface area contributed by atoms with Crippen LogP contribution in [0.2, 0.25) is 0 Å². The zero-order valence-corrected chi connectivity index (χ0v) is 22.2. The predicted octanol–water partition coefficient (Wildman–Crippen LogP) is 6.04. The monoisotopic (exact) mass is 494 g/mol. The molecule has 186 valence electrons. The molecule has 3 aromatic carbocycles. The van der Waals surface area contributed by atoms with Gasteiger partial charge in [-0.1, -0.05) is 37.6 Å². The maximum absolute atomic E-state index is 13.1. The summed E-state index contributed by atoms with van der Waals surface area (Å²) >= 11 is 0. The fourth-order valence-electron chi connectivity index (χ4n) is 3.96. The number of rotatable bonds is 8. The van der Waals surface area contributed by atoms with Crippen molar-refractivity contribution in [3.63, 3.8) is 0 Å². The van der Waals surface area contributed by atoms with Crippen LogP contribution in [0.5, 0.6) is 5.75 Å². The molecule has 3 rings (SSSR count). The van der Waals surface area contributed by atoms with Gasteiger partial charge in [0.25, 0.3) is 15.9 Å². The molecule has 0 aliphatic heterocycles. The molecule has 2 N–H and O–H groups in total. The van der Waals surface area contributed by atoms with E-state index in [1.165, 1.54) is 0 Å². The highest BCUT2D eigenvalue weighted by molar-refractivity contribution is 7.92. The Morgan fingerprint density at radius 1 is 0.857 bits per heavy atom. The molecule has 0 aliphatic carbocycles. The Kier molecular flexibility index (Phi) is 7.90. The van der Waals surface area contributed by atoms with Gasteiger partial charge >= 0.3 is 0 Å². The standard InChI is InChI=1S/C28H34N2O4S/c1-17(2)24-16-25(20(5)14-27(24)34-7)21(6)29-28(31)22-11-10-19(4)26(15-22)30-35(32,33)23-12-8-18(3)9-13-23/h8-17,21,30H,1-7H3,(H,29,31)/t21-/m1/s1. The Hall–Kier alpha value is -3.32. The van der Waals surface area contributed by atoms with E-state index in [2.05, 4.69) is 30.0 Å². The summed E-state index contributed by atoms with van der Waals surface area (Å²) in [5, 5.41) is 3.05. The molecule has 3 aromatic rings. The van der Waals surface area contributed by atoms with Crippen LogP contribution < -0.4 is 14.8 Å². The molecule has 0 unspecified atom stereocenters. The number of carbonyl (C=O) groups is 1. The number of hydrogen-bond acceptors (Lipinski definition) is 4. The van der Waals surface area contributed by atoms with Crippen molar-refractivity contribution in [3.8, 4) is 5.75 Å². The number of sulfonamides is 1. The van der Waals surface area contributed by atoms with Gasteiger partial charge in [0.1, 0.15) is 5.75 Å². The first-order chi connectivity index (χ1) is 16.4. The lowest BCUT2D eigenvalue weighted by atomic mass is 9.93. The molecule has 0 bridgehead atoms. The molecular formula is C28H34N2O4S. The number of methoxy groups -OCH3 is 1. The second-order valence-electron chi connectivity index (χ2n) is 9.25. The van der Waals surface area contributed by atoms with Gasteiger partial charge < -0.3 is 10.1 Å². The second kappa shape index (κ2) is 10.5. The van der Waals surface area contributed by atoms with Crippen LogP contribution in [-0.4, -0.2) is 21.4 Å². The van der Waals surface area contributed by atoms with Crippen LogP contribution in [0.1, 0.15) is 70.9 Å². The lowest BCUT2D eigenvalue weighted by molar-refractivity contribution is 0.0940. The van der Waals surface area contributed by atoms with E-state index in [9.17, 15) is 13.2 Å². The summed E-state index contributed by atoms with van der Waals surface area (Å²) in [6.45, 7) is 11.8. The molecule has 0 saturated carbocycles. The van der Waals surface area contributed by atoms with E-state index in [1.807, 2.05) is 26.8 Å². The van der Waals surface area contributed by atoms with Gasteiger partial charge in [0.15, 0.2) is 0 Å². The second-order valence-corrected chi connectivity index (χ2v) is 10.9. The lowest BCUT2D eigenvalue weighted by Gasteiger charge is -2.21. The Labute approximate surface area is 208 Å². The summed E-state index contributed by atoms with van der Waals surface area (Å²) < 4.78 is 33.9. The SMILES string of the molecule is COc1cc(C)c([C@@H](C)NC(=O)c2ccc(C)c(NS(=O)(=O)c3ccc(C)cc3)c2)cc1C(C)C. The third-order valence-corrected chi connectivity index (χ3v) is 7.51. The van der Waals surface area contributed by atoms with E-state index < -0.39 is 10.0 Å². The van der Waals surface area contributed by atoms with Crippen molar-refractivity contribution >= 4 is 21.6 Å². The van der Waals surface area contributed by atoms with Gasteiger partial charge in [-0.05, 0) is 92.3 Å². The number of carbonyl (C=O) groups excluding carboxylic acids is 1. The number of anilines is 1. The van der Waals surface area contributed by atoms with Crippen molar-refractivity contribution in [1.29, 1.82) is 0 Å². The van der Waals surface area contributed by atoms with Gasteiger partial charge in [-0.2, -0.15) is 0 Å². The highest BCUT2D eigenvalue weighted by atomic mass is 32.2. The van der Waals surface area contributed by atoms with E-state index in [-0.39, 0.29) is 22.8 Å². The Balaban J connectivity index is 1.84. The maximum atomic E-state index is 13.1. The minimum absolute atomic E-state index is 0.168. The number of amides is 1. The summed E-state index contributed by atoms with van der Waals surface area (Å²) in [6.07, 6.45) is 0. The van der Waals surface area contributed by atoms with Crippen molar-refractivity contribution in [2.45, 2.75) is 58.4 Å². The van der Waals surface area contributed by atoms with Gasteiger partial charge in [-0.15, -0.1) is 0 Å². The molecule has 35 heavy (non-hydrogen) atoms. The van der Waals surface area contributed by atoms with Crippen LogP contribution in [0, 0.1) is 20.8 Å². The predicted molar refractivity (Wildman–Crippen MR) is 141 cm³/mol. The Morgan fingerprint density at radius 3 is 2.11 bits per heavy atom. The third kappa shape index (κ3) is 6.03. The number of nitrogens with one attached hydrogen (secondary N) is 2. The Morgan fingerprint density at radius 2 is 1.51 bits per heavy atom. The molecule has 0 radical (unpaired) electrons. The van der Waals surface area contributed by atoms with Gasteiger partial charge in [0.05, 0.1) is 23.7 Å². The zero-order valence-electron chi connectivity index (χ0n) is 21.4. The van der Waals surface area contributed by atoms with E-state index in [1.54, 1.807) is 56.5 Å². The number of ether oxygens (including phenoxy) is 1. The third-order valence-electron chi connectivity index (χ3n) is 6.13. The van der Waals surface area contributed by atoms with Gasteiger partial charge in [0.2, 0.25) is 0 Å². The molecule has 0 spiro atoms. The normalized spacial score (nSPS) is 12.3. The highest BCUT2D eigenvalue weighted by Crippen LogP contribution is 2.32.